The lowest BCUT2D eigenvalue weighted by atomic mass is 10.1. The Morgan fingerprint density at radius 1 is 1.42 bits per heavy atom. The summed E-state index contributed by atoms with van der Waals surface area (Å²) in [5.41, 5.74) is 7.31. The minimum Gasteiger partial charge on any atom is -0.327 e. The minimum atomic E-state index is 0.244. The minimum absolute atomic E-state index is 0.244. The van der Waals surface area contributed by atoms with Crippen LogP contribution in [0.1, 0.15) is 25.5 Å². The van der Waals surface area contributed by atoms with Crippen molar-refractivity contribution in [1.29, 1.82) is 0 Å². The normalized spacial score (nSPS) is 31.6. The van der Waals surface area contributed by atoms with E-state index in [2.05, 4.69) is 24.9 Å². The molecule has 1 aliphatic carbocycles. The van der Waals surface area contributed by atoms with Gasteiger partial charge >= 0.3 is 0 Å². The number of pyridine rings is 1. The number of nitrogens with zero attached hydrogens (tertiary/aromatic N) is 1. The third kappa shape index (κ3) is 0.950. The lowest BCUT2D eigenvalue weighted by Crippen LogP contribution is -2.06. The van der Waals surface area contributed by atoms with Crippen LogP contribution in [-0.2, 0) is 0 Å². The highest BCUT2D eigenvalue weighted by Crippen LogP contribution is 2.56. The first kappa shape index (κ1) is 7.74. The van der Waals surface area contributed by atoms with Crippen LogP contribution in [-0.4, -0.2) is 11.0 Å². The van der Waals surface area contributed by atoms with E-state index in [9.17, 15) is 0 Å². The lowest BCUT2D eigenvalue weighted by Gasteiger charge is -1.99. The number of nitrogens with two attached hydrogens (primary N) is 1. The van der Waals surface area contributed by atoms with Gasteiger partial charge in [-0.05, 0) is 17.5 Å². The van der Waals surface area contributed by atoms with Crippen LogP contribution >= 0.6 is 0 Å². The van der Waals surface area contributed by atoms with Crippen LogP contribution in [0.3, 0.4) is 0 Å². The molecule has 1 aromatic heterocycles. The summed E-state index contributed by atoms with van der Waals surface area (Å²) in [6.45, 7) is 4.38. The van der Waals surface area contributed by atoms with Crippen molar-refractivity contribution in [2.45, 2.75) is 25.8 Å². The average Bonchev–Trinajstić information content (AvgIpc) is 2.53. The molecule has 0 radical (unpaired) electrons. The van der Waals surface area contributed by atoms with Gasteiger partial charge < -0.3 is 5.73 Å². The maximum Gasteiger partial charge on any atom is 0.0456 e. The Labute approximate surface area is 72.8 Å². The second-order valence-electron chi connectivity index (χ2n) is 4.08. The second kappa shape index (κ2) is 2.30. The number of aromatic nitrogens is 1. The molecule has 12 heavy (non-hydrogen) atoms. The molecule has 2 nitrogen and oxygen atoms in total. The highest BCUT2D eigenvalue weighted by atomic mass is 14.9. The van der Waals surface area contributed by atoms with Crippen LogP contribution < -0.4 is 5.73 Å². The summed E-state index contributed by atoms with van der Waals surface area (Å²) in [6, 6.07) is 6.29. The Kier molecular flexibility index (Phi) is 1.48. The summed E-state index contributed by atoms with van der Waals surface area (Å²) in [5.74, 6) is 0.457. The Hall–Kier alpha value is -0.890. The van der Waals surface area contributed by atoms with Crippen LogP contribution in [0.4, 0.5) is 0 Å². The second-order valence-corrected chi connectivity index (χ2v) is 4.08. The van der Waals surface area contributed by atoms with Crippen molar-refractivity contribution >= 4 is 0 Å². The van der Waals surface area contributed by atoms with E-state index in [4.69, 9.17) is 5.73 Å². The van der Waals surface area contributed by atoms with Gasteiger partial charge in [0.1, 0.15) is 0 Å². The van der Waals surface area contributed by atoms with Gasteiger partial charge in [0.2, 0.25) is 0 Å². The molecule has 0 bridgehead atoms. The molecule has 64 valence electrons. The fraction of sp³-hybridized carbons (Fsp3) is 0.500. The summed E-state index contributed by atoms with van der Waals surface area (Å²) in [4.78, 5) is 4.31. The van der Waals surface area contributed by atoms with Crippen molar-refractivity contribution < 1.29 is 0 Å². The van der Waals surface area contributed by atoms with Gasteiger partial charge in [-0.1, -0.05) is 19.9 Å². The molecule has 2 rings (SSSR count). The zero-order valence-corrected chi connectivity index (χ0v) is 7.49. The van der Waals surface area contributed by atoms with E-state index in [-0.39, 0.29) is 11.5 Å². The van der Waals surface area contributed by atoms with Gasteiger partial charge in [0.25, 0.3) is 0 Å². The Morgan fingerprint density at radius 2 is 2.08 bits per heavy atom. The first-order valence-corrected chi connectivity index (χ1v) is 4.30. The maximum absolute atomic E-state index is 5.94. The molecular formula is C10H14N2. The standard InChI is InChI=1S/C10H14N2/c1-10(2)8(9(10)11)7-5-3-4-6-12-7/h3-6,8-9H,11H2,1-2H3/t8-,9-/m1/s1. The van der Waals surface area contributed by atoms with E-state index >= 15 is 0 Å². The van der Waals surface area contributed by atoms with Gasteiger partial charge in [0.15, 0.2) is 0 Å². The third-order valence-corrected chi connectivity index (χ3v) is 2.92. The van der Waals surface area contributed by atoms with Crippen molar-refractivity contribution in [2.24, 2.45) is 11.1 Å². The van der Waals surface area contributed by atoms with Gasteiger partial charge in [0.05, 0.1) is 0 Å². The Balaban J connectivity index is 2.25. The number of rotatable bonds is 1. The highest BCUT2D eigenvalue weighted by molar-refractivity contribution is 5.28. The predicted molar refractivity (Wildman–Crippen MR) is 48.7 cm³/mol. The molecule has 1 aromatic rings. The first-order valence-electron chi connectivity index (χ1n) is 4.30. The van der Waals surface area contributed by atoms with Crippen molar-refractivity contribution in [3.05, 3.63) is 30.1 Å². The van der Waals surface area contributed by atoms with E-state index in [1.807, 2.05) is 18.3 Å². The molecule has 0 saturated heterocycles. The third-order valence-electron chi connectivity index (χ3n) is 2.92. The van der Waals surface area contributed by atoms with Crippen LogP contribution in [0, 0.1) is 5.41 Å². The SMILES string of the molecule is CC1(C)[C@H](N)[C@H]1c1ccccn1. The van der Waals surface area contributed by atoms with E-state index < -0.39 is 0 Å². The summed E-state index contributed by atoms with van der Waals surface area (Å²) in [5, 5.41) is 0. The molecule has 0 spiro atoms. The molecule has 2 N–H and O–H groups in total. The van der Waals surface area contributed by atoms with Crippen molar-refractivity contribution in [3.8, 4) is 0 Å². The molecule has 2 atom stereocenters. The maximum atomic E-state index is 5.94. The topological polar surface area (TPSA) is 38.9 Å². The van der Waals surface area contributed by atoms with Gasteiger partial charge in [-0.3, -0.25) is 4.98 Å². The van der Waals surface area contributed by atoms with Crippen LogP contribution in [0.15, 0.2) is 24.4 Å². The summed E-state index contributed by atoms with van der Waals surface area (Å²) in [7, 11) is 0. The highest BCUT2D eigenvalue weighted by Gasteiger charge is 2.56. The Bertz CT molecular complexity index is 279. The molecule has 0 aliphatic heterocycles. The summed E-state index contributed by atoms with van der Waals surface area (Å²) in [6.07, 6.45) is 1.83. The monoisotopic (exact) mass is 162 g/mol. The fourth-order valence-electron chi connectivity index (χ4n) is 1.80. The van der Waals surface area contributed by atoms with Gasteiger partial charge in [0, 0.05) is 23.9 Å². The predicted octanol–water partition coefficient (Wildman–Crippen LogP) is 1.53. The largest absolute Gasteiger partial charge is 0.327 e. The molecule has 1 aliphatic rings. The number of hydrogen-bond donors (Lipinski definition) is 1. The Morgan fingerprint density at radius 3 is 2.50 bits per heavy atom. The van der Waals surface area contributed by atoms with E-state index in [0.717, 1.165) is 5.69 Å². The number of hydrogen-bond acceptors (Lipinski definition) is 2. The molecule has 0 unspecified atom stereocenters. The van der Waals surface area contributed by atoms with E-state index in [0.29, 0.717) is 5.92 Å². The van der Waals surface area contributed by atoms with Crippen molar-refractivity contribution in [2.75, 3.05) is 0 Å². The van der Waals surface area contributed by atoms with E-state index in [1.54, 1.807) is 0 Å². The molecule has 1 heterocycles. The van der Waals surface area contributed by atoms with Gasteiger partial charge in [-0.2, -0.15) is 0 Å². The molecule has 1 fully saturated rings. The zero-order valence-electron chi connectivity index (χ0n) is 7.49. The molecular weight excluding hydrogens is 148 g/mol. The smallest absolute Gasteiger partial charge is 0.0456 e. The van der Waals surface area contributed by atoms with Crippen LogP contribution in [0.5, 0.6) is 0 Å². The van der Waals surface area contributed by atoms with Gasteiger partial charge in [-0.25, -0.2) is 0 Å². The lowest BCUT2D eigenvalue weighted by molar-refractivity contribution is 0.595. The first-order chi connectivity index (χ1) is 5.64. The summed E-state index contributed by atoms with van der Waals surface area (Å²) >= 11 is 0. The van der Waals surface area contributed by atoms with Crippen molar-refractivity contribution in [1.82, 2.24) is 4.98 Å². The molecule has 0 amide bonds. The molecule has 2 heteroatoms. The van der Waals surface area contributed by atoms with Crippen molar-refractivity contribution in [3.63, 3.8) is 0 Å². The van der Waals surface area contributed by atoms with Gasteiger partial charge in [-0.15, -0.1) is 0 Å². The quantitative estimate of drug-likeness (QED) is 0.680. The molecule has 1 saturated carbocycles. The van der Waals surface area contributed by atoms with Crippen LogP contribution in [0.2, 0.25) is 0 Å². The summed E-state index contributed by atoms with van der Waals surface area (Å²) < 4.78 is 0. The average molecular weight is 162 g/mol. The van der Waals surface area contributed by atoms with E-state index in [1.165, 1.54) is 0 Å². The van der Waals surface area contributed by atoms with Crippen LogP contribution in [0.25, 0.3) is 0 Å². The fourth-order valence-corrected chi connectivity index (χ4v) is 1.80. The molecule has 0 aromatic carbocycles. The zero-order chi connectivity index (χ0) is 8.77.